The maximum atomic E-state index is 4.96. The Morgan fingerprint density at radius 3 is 3.00 bits per heavy atom. The van der Waals surface area contributed by atoms with E-state index in [1.807, 2.05) is 17.5 Å². The van der Waals surface area contributed by atoms with Crippen LogP contribution < -0.4 is 10.1 Å². The van der Waals surface area contributed by atoms with Gasteiger partial charge in [0.1, 0.15) is 0 Å². The summed E-state index contributed by atoms with van der Waals surface area (Å²) in [5.74, 6) is 0.607. The first-order valence-corrected chi connectivity index (χ1v) is 5.22. The molecule has 5 nitrogen and oxygen atoms in total. The fourth-order valence-electron chi connectivity index (χ4n) is 1.06. The van der Waals surface area contributed by atoms with E-state index >= 15 is 0 Å². The number of anilines is 1. The molecule has 2 rings (SSSR count). The van der Waals surface area contributed by atoms with Crippen molar-refractivity contribution in [1.82, 2.24) is 14.6 Å². The summed E-state index contributed by atoms with van der Waals surface area (Å²) in [6.07, 6.45) is 1.72. The van der Waals surface area contributed by atoms with Crippen molar-refractivity contribution in [3.05, 3.63) is 29.4 Å². The molecule has 15 heavy (non-hydrogen) atoms. The molecule has 0 radical (unpaired) electrons. The van der Waals surface area contributed by atoms with E-state index in [0.717, 1.165) is 11.4 Å². The minimum absolute atomic E-state index is 0.607. The third-order valence-electron chi connectivity index (χ3n) is 1.82. The van der Waals surface area contributed by atoms with Crippen LogP contribution >= 0.6 is 11.5 Å². The molecular formula is C9H10N4OS. The van der Waals surface area contributed by atoms with Gasteiger partial charge in [-0.15, -0.1) is 5.10 Å². The standard InChI is InChI=1S/C9H10N4OS/c1-14-9-3-2-7(4-11-9)10-5-8-6-15-13-12-8/h2-4,6,10H,5H2,1H3. The zero-order valence-electron chi connectivity index (χ0n) is 8.17. The third kappa shape index (κ3) is 2.63. The van der Waals surface area contributed by atoms with Gasteiger partial charge in [0.05, 0.1) is 31.2 Å². The Balaban J connectivity index is 1.93. The van der Waals surface area contributed by atoms with Crippen molar-refractivity contribution in [1.29, 1.82) is 0 Å². The predicted octanol–water partition coefficient (Wildman–Crippen LogP) is 1.55. The number of hydrogen-bond donors (Lipinski definition) is 1. The number of nitrogens with zero attached hydrogens (tertiary/aromatic N) is 3. The maximum absolute atomic E-state index is 4.96. The van der Waals surface area contributed by atoms with Crippen molar-refractivity contribution in [2.24, 2.45) is 0 Å². The lowest BCUT2D eigenvalue weighted by molar-refractivity contribution is 0.398. The lowest BCUT2D eigenvalue weighted by Crippen LogP contribution is -2.00. The highest BCUT2D eigenvalue weighted by molar-refractivity contribution is 7.03. The summed E-state index contributed by atoms with van der Waals surface area (Å²) in [7, 11) is 1.59. The van der Waals surface area contributed by atoms with Gasteiger partial charge in [-0.2, -0.15) is 0 Å². The van der Waals surface area contributed by atoms with Gasteiger partial charge in [0.2, 0.25) is 5.88 Å². The molecule has 0 unspecified atom stereocenters. The quantitative estimate of drug-likeness (QED) is 0.850. The van der Waals surface area contributed by atoms with Gasteiger partial charge >= 0.3 is 0 Å². The molecule has 2 aromatic rings. The first-order valence-electron chi connectivity index (χ1n) is 4.38. The Kier molecular flexibility index (Phi) is 3.08. The van der Waals surface area contributed by atoms with Gasteiger partial charge in [-0.05, 0) is 17.6 Å². The molecule has 1 N–H and O–H groups in total. The van der Waals surface area contributed by atoms with Crippen molar-refractivity contribution >= 4 is 17.2 Å². The van der Waals surface area contributed by atoms with Gasteiger partial charge in [-0.1, -0.05) is 4.49 Å². The van der Waals surface area contributed by atoms with Crippen LogP contribution in [0.4, 0.5) is 5.69 Å². The third-order valence-corrected chi connectivity index (χ3v) is 2.38. The molecule has 78 valence electrons. The molecule has 0 aliphatic heterocycles. The Morgan fingerprint density at radius 2 is 2.40 bits per heavy atom. The van der Waals surface area contributed by atoms with Crippen molar-refractivity contribution in [3.8, 4) is 5.88 Å². The average molecular weight is 222 g/mol. The molecule has 0 aliphatic rings. The van der Waals surface area contributed by atoms with Crippen LogP contribution in [0, 0.1) is 0 Å². The van der Waals surface area contributed by atoms with E-state index in [9.17, 15) is 0 Å². The highest BCUT2D eigenvalue weighted by atomic mass is 32.1. The van der Waals surface area contributed by atoms with Crippen LogP contribution in [0.2, 0.25) is 0 Å². The molecule has 0 fully saturated rings. The Bertz CT molecular complexity index is 401. The summed E-state index contributed by atoms with van der Waals surface area (Å²) in [5.41, 5.74) is 1.86. The van der Waals surface area contributed by atoms with Crippen molar-refractivity contribution < 1.29 is 4.74 Å². The molecule has 0 aliphatic carbocycles. The van der Waals surface area contributed by atoms with E-state index in [1.54, 1.807) is 13.3 Å². The van der Waals surface area contributed by atoms with E-state index in [-0.39, 0.29) is 0 Å². The number of nitrogens with one attached hydrogen (secondary N) is 1. The molecule has 6 heteroatoms. The van der Waals surface area contributed by atoms with Crippen molar-refractivity contribution in [2.45, 2.75) is 6.54 Å². The number of methoxy groups -OCH3 is 1. The van der Waals surface area contributed by atoms with E-state index < -0.39 is 0 Å². The average Bonchev–Trinajstić information content (AvgIpc) is 2.80. The molecule has 0 saturated heterocycles. The van der Waals surface area contributed by atoms with Gasteiger partial charge in [-0.3, -0.25) is 0 Å². The summed E-state index contributed by atoms with van der Waals surface area (Å²) < 4.78 is 8.74. The van der Waals surface area contributed by atoms with Crippen LogP contribution in [0.25, 0.3) is 0 Å². The molecule has 2 heterocycles. The summed E-state index contributed by atoms with van der Waals surface area (Å²) in [4.78, 5) is 4.08. The molecule has 0 amide bonds. The number of aromatic nitrogens is 3. The summed E-state index contributed by atoms with van der Waals surface area (Å²) in [6, 6.07) is 3.72. The maximum Gasteiger partial charge on any atom is 0.213 e. The van der Waals surface area contributed by atoms with Crippen LogP contribution in [0.1, 0.15) is 5.69 Å². The molecule has 0 atom stereocenters. The molecule has 0 spiro atoms. The number of hydrogen-bond acceptors (Lipinski definition) is 6. The van der Waals surface area contributed by atoms with Crippen LogP contribution in [0.15, 0.2) is 23.7 Å². The Hall–Kier alpha value is -1.69. The minimum atomic E-state index is 0.607. The number of ether oxygens (including phenoxy) is 1. The molecular weight excluding hydrogens is 212 g/mol. The Morgan fingerprint density at radius 1 is 1.47 bits per heavy atom. The van der Waals surface area contributed by atoms with E-state index in [2.05, 4.69) is 19.9 Å². The van der Waals surface area contributed by atoms with Crippen LogP contribution in [-0.4, -0.2) is 21.7 Å². The summed E-state index contributed by atoms with van der Waals surface area (Å²) in [6.45, 7) is 0.657. The monoisotopic (exact) mass is 222 g/mol. The zero-order chi connectivity index (χ0) is 10.5. The van der Waals surface area contributed by atoms with Gasteiger partial charge in [0, 0.05) is 11.4 Å². The second kappa shape index (κ2) is 4.70. The van der Waals surface area contributed by atoms with Crippen LogP contribution in [0.3, 0.4) is 0 Å². The van der Waals surface area contributed by atoms with Gasteiger partial charge in [0.25, 0.3) is 0 Å². The lowest BCUT2D eigenvalue weighted by atomic mass is 10.4. The van der Waals surface area contributed by atoms with Gasteiger partial charge < -0.3 is 10.1 Å². The lowest BCUT2D eigenvalue weighted by Gasteiger charge is -2.04. The highest BCUT2D eigenvalue weighted by Crippen LogP contribution is 2.11. The first kappa shape index (κ1) is 9.85. The summed E-state index contributed by atoms with van der Waals surface area (Å²) in [5, 5.41) is 9.02. The van der Waals surface area contributed by atoms with Crippen LogP contribution in [-0.2, 0) is 6.54 Å². The van der Waals surface area contributed by atoms with Crippen molar-refractivity contribution in [2.75, 3.05) is 12.4 Å². The minimum Gasteiger partial charge on any atom is -0.481 e. The molecule has 0 aromatic carbocycles. The number of rotatable bonds is 4. The smallest absolute Gasteiger partial charge is 0.213 e. The fourth-order valence-corrected chi connectivity index (χ4v) is 1.51. The Labute approximate surface area is 91.3 Å². The first-order chi connectivity index (χ1) is 7.38. The van der Waals surface area contributed by atoms with Crippen LogP contribution in [0.5, 0.6) is 5.88 Å². The van der Waals surface area contributed by atoms with E-state index in [1.165, 1.54) is 11.5 Å². The van der Waals surface area contributed by atoms with Gasteiger partial charge in [-0.25, -0.2) is 4.98 Å². The molecule has 0 saturated carbocycles. The zero-order valence-corrected chi connectivity index (χ0v) is 8.99. The fraction of sp³-hybridized carbons (Fsp3) is 0.222. The van der Waals surface area contributed by atoms with Gasteiger partial charge in [0.15, 0.2) is 0 Å². The normalized spacial score (nSPS) is 9.93. The largest absolute Gasteiger partial charge is 0.481 e. The van der Waals surface area contributed by atoms with Crippen molar-refractivity contribution in [3.63, 3.8) is 0 Å². The molecule has 0 bridgehead atoms. The second-order valence-corrected chi connectivity index (χ2v) is 3.45. The summed E-state index contributed by atoms with van der Waals surface area (Å²) >= 11 is 1.34. The van der Waals surface area contributed by atoms with E-state index in [4.69, 9.17) is 4.74 Å². The highest BCUT2D eigenvalue weighted by Gasteiger charge is 1.97. The number of pyridine rings is 1. The van der Waals surface area contributed by atoms with E-state index in [0.29, 0.717) is 12.4 Å². The topological polar surface area (TPSA) is 59.9 Å². The predicted molar refractivity (Wildman–Crippen MR) is 58.0 cm³/mol. The second-order valence-electron chi connectivity index (χ2n) is 2.84. The molecule has 2 aromatic heterocycles. The SMILES string of the molecule is COc1ccc(NCc2csnn2)cn1.